The van der Waals surface area contributed by atoms with Gasteiger partial charge in [0.05, 0.1) is 17.7 Å². The molecule has 1 aromatic carbocycles. The summed E-state index contributed by atoms with van der Waals surface area (Å²) in [5.74, 6) is 0. The number of aliphatic hydroxyl groups is 3. The van der Waals surface area contributed by atoms with Gasteiger partial charge < -0.3 is 25.8 Å². The van der Waals surface area contributed by atoms with Gasteiger partial charge in [0.15, 0.2) is 0 Å². The zero-order chi connectivity index (χ0) is 16.0. The summed E-state index contributed by atoms with van der Waals surface area (Å²) < 4.78 is 6.41. The van der Waals surface area contributed by atoms with Crippen molar-refractivity contribution in [2.75, 3.05) is 13.2 Å². The van der Waals surface area contributed by atoms with Crippen molar-refractivity contribution in [3.63, 3.8) is 0 Å². The van der Waals surface area contributed by atoms with Crippen LogP contribution in [0.1, 0.15) is 6.92 Å². The molecule has 0 bridgehead atoms. The van der Waals surface area contributed by atoms with Gasteiger partial charge in [0.25, 0.3) is 0 Å². The van der Waals surface area contributed by atoms with Crippen LogP contribution in [0.15, 0.2) is 27.6 Å². The number of aliphatic hydroxyl groups excluding tert-OH is 3. The second-order valence-corrected chi connectivity index (χ2v) is 6.92. The van der Waals surface area contributed by atoms with Crippen molar-refractivity contribution in [3.05, 3.63) is 27.7 Å². The Morgan fingerprint density at radius 1 is 1.43 bits per heavy atom. The Labute approximate surface area is 141 Å². The van der Waals surface area contributed by atoms with Crippen LogP contribution in [-0.4, -0.2) is 52.2 Å². The van der Waals surface area contributed by atoms with Crippen molar-refractivity contribution in [3.8, 4) is 0 Å². The van der Waals surface area contributed by atoms with E-state index < -0.39 is 23.7 Å². The van der Waals surface area contributed by atoms with Crippen LogP contribution >= 0.6 is 39.3 Å². The third-order valence-corrected chi connectivity index (χ3v) is 4.90. The number of ether oxygens (including phenoxy) is 1. The van der Waals surface area contributed by atoms with E-state index in [2.05, 4.69) is 15.9 Å². The first-order chi connectivity index (χ1) is 9.88. The quantitative estimate of drug-likeness (QED) is 0.391. The third-order valence-electron chi connectivity index (χ3n) is 2.72. The van der Waals surface area contributed by atoms with E-state index in [-0.39, 0.29) is 13.2 Å². The summed E-state index contributed by atoms with van der Waals surface area (Å²) in [6.07, 6.45) is -2.64. The predicted molar refractivity (Wildman–Crippen MR) is 87.5 cm³/mol. The van der Waals surface area contributed by atoms with E-state index in [4.69, 9.17) is 22.1 Å². The fourth-order valence-corrected chi connectivity index (χ4v) is 3.34. The van der Waals surface area contributed by atoms with Crippen molar-refractivity contribution in [1.82, 2.24) is 0 Å². The van der Waals surface area contributed by atoms with Crippen molar-refractivity contribution in [2.24, 2.45) is 5.73 Å². The van der Waals surface area contributed by atoms with E-state index >= 15 is 0 Å². The van der Waals surface area contributed by atoms with E-state index in [1.807, 2.05) is 0 Å². The lowest BCUT2D eigenvalue weighted by molar-refractivity contribution is -0.0926. The van der Waals surface area contributed by atoms with Crippen LogP contribution in [0, 0.1) is 0 Å². The first kappa shape index (κ1) is 19.2. The van der Waals surface area contributed by atoms with Crippen LogP contribution in [0.25, 0.3) is 0 Å². The maximum absolute atomic E-state index is 9.98. The second kappa shape index (κ2) is 9.32. The molecule has 0 aliphatic heterocycles. The lowest BCUT2D eigenvalue weighted by Gasteiger charge is -2.28. The minimum absolute atomic E-state index is 0.0127. The Bertz CT molecular complexity index is 452. The minimum Gasteiger partial charge on any atom is -0.394 e. The predicted octanol–water partition coefficient (Wildman–Crippen LogP) is 1.60. The molecule has 0 aliphatic carbocycles. The molecule has 120 valence electrons. The summed E-state index contributed by atoms with van der Waals surface area (Å²) in [6.45, 7) is 1.13. The number of benzene rings is 1. The fourth-order valence-electron chi connectivity index (χ4n) is 1.48. The zero-order valence-electron chi connectivity index (χ0n) is 11.4. The number of hydrogen-bond donors (Lipinski definition) is 4. The van der Waals surface area contributed by atoms with Crippen molar-refractivity contribution in [2.45, 2.75) is 35.6 Å². The van der Waals surface area contributed by atoms with Crippen LogP contribution in [-0.2, 0) is 4.74 Å². The third kappa shape index (κ3) is 6.03. The Balaban J connectivity index is 2.90. The van der Waals surface area contributed by atoms with Gasteiger partial charge in [-0.1, -0.05) is 39.3 Å². The van der Waals surface area contributed by atoms with Gasteiger partial charge in [0.1, 0.15) is 17.6 Å². The van der Waals surface area contributed by atoms with E-state index in [0.717, 1.165) is 4.47 Å². The highest BCUT2D eigenvalue weighted by atomic mass is 79.9. The van der Waals surface area contributed by atoms with Crippen molar-refractivity contribution < 1.29 is 20.1 Å². The monoisotopic (exact) mass is 399 g/mol. The molecular weight excluding hydrogens is 382 g/mol. The highest BCUT2D eigenvalue weighted by Crippen LogP contribution is 2.35. The first-order valence-corrected chi connectivity index (χ1v) is 8.38. The molecule has 2 unspecified atom stereocenters. The number of rotatable bonds is 8. The number of thioether (sulfide) groups is 1. The first-order valence-electron chi connectivity index (χ1n) is 6.33. The van der Waals surface area contributed by atoms with Crippen molar-refractivity contribution >= 4 is 39.3 Å². The second-order valence-electron chi connectivity index (χ2n) is 4.46. The zero-order valence-corrected chi connectivity index (χ0v) is 14.6. The maximum atomic E-state index is 9.98. The van der Waals surface area contributed by atoms with Crippen LogP contribution in [0.2, 0.25) is 5.02 Å². The average Bonchev–Trinajstić information content (AvgIpc) is 2.45. The van der Waals surface area contributed by atoms with Gasteiger partial charge in [-0.25, -0.2) is 0 Å². The van der Waals surface area contributed by atoms with E-state index in [9.17, 15) is 15.3 Å². The number of halogens is 2. The molecule has 1 rings (SSSR count). The van der Waals surface area contributed by atoms with Gasteiger partial charge in [-0.2, -0.15) is 0 Å². The number of nitrogens with two attached hydrogens (primary N) is 1. The Kier molecular flexibility index (Phi) is 8.51. The lowest BCUT2D eigenvalue weighted by Crippen LogP contribution is -2.40. The Morgan fingerprint density at radius 3 is 2.62 bits per heavy atom. The molecule has 0 heterocycles. The number of hydrogen-bond acceptors (Lipinski definition) is 6. The molecule has 4 atom stereocenters. The van der Waals surface area contributed by atoms with Gasteiger partial charge in [0.2, 0.25) is 0 Å². The largest absolute Gasteiger partial charge is 0.394 e. The highest BCUT2D eigenvalue weighted by Gasteiger charge is 2.27. The summed E-state index contributed by atoms with van der Waals surface area (Å²) in [5, 5.41) is 29.3. The normalized spacial score (nSPS) is 17.3. The standard InChI is InChI=1S/C13H19BrClNO4S/c1-7(18)11(6-17)20-13(10(19)5-16)21-12-4-8(14)2-3-9(12)15/h2-4,7,10-11,13,17-19H,5-6,16H2,1H3/t7-,10+,11?,13?/m1/s1. The SMILES string of the molecule is C[C@@H](O)C(CO)OC(Sc1cc(Br)ccc1Cl)[C@@H](O)CN. The molecule has 0 aliphatic rings. The summed E-state index contributed by atoms with van der Waals surface area (Å²) in [6, 6.07) is 5.31. The Morgan fingerprint density at radius 2 is 2.10 bits per heavy atom. The molecule has 0 saturated carbocycles. The molecule has 1 aromatic rings. The summed E-state index contributed by atoms with van der Waals surface area (Å²) in [5.41, 5.74) is 4.72. The van der Waals surface area contributed by atoms with Crippen molar-refractivity contribution in [1.29, 1.82) is 0 Å². The topological polar surface area (TPSA) is 95.9 Å². The van der Waals surface area contributed by atoms with E-state index in [0.29, 0.717) is 9.92 Å². The minimum atomic E-state index is -0.960. The van der Waals surface area contributed by atoms with Crippen LogP contribution < -0.4 is 5.73 Å². The maximum Gasteiger partial charge on any atom is 0.135 e. The summed E-state index contributed by atoms with van der Waals surface area (Å²) in [7, 11) is 0. The van der Waals surface area contributed by atoms with E-state index in [1.54, 1.807) is 18.2 Å². The van der Waals surface area contributed by atoms with E-state index in [1.165, 1.54) is 18.7 Å². The molecular formula is C13H19BrClNO4S. The van der Waals surface area contributed by atoms with Gasteiger partial charge >= 0.3 is 0 Å². The molecule has 21 heavy (non-hydrogen) atoms. The molecule has 0 radical (unpaired) electrons. The van der Waals surface area contributed by atoms with Gasteiger partial charge in [-0.05, 0) is 25.1 Å². The molecule has 0 spiro atoms. The molecule has 5 N–H and O–H groups in total. The van der Waals surface area contributed by atoms with Gasteiger partial charge in [-0.3, -0.25) is 0 Å². The summed E-state index contributed by atoms with van der Waals surface area (Å²) >= 11 is 10.6. The summed E-state index contributed by atoms with van der Waals surface area (Å²) in [4.78, 5) is 0.700. The average molecular weight is 401 g/mol. The fraction of sp³-hybridized carbons (Fsp3) is 0.538. The van der Waals surface area contributed by atoms with Crippen LogP contribution in [0.5, 0.6) is 0 Å². The molecule has 5 nitrogen and oxygen atoms in total. The lowest BCUT2D eigenvalue weighted by atomic mass is 10.2. The molecule has 8 heteroatoms. The highest BCUT2D eigenvalue weighted by molar-refractivity contribution is 9.10. The molecule has 0 saturated heterocycles. The molecule has 0 amide bonds. The van der Waals surface area contributed by atoms with Crippen LogP contribution in [0.4, 0.5) is 0 Å². The van der Waals surface area contributed by atoms with Gasteiger partial charge in [-0.15, -0.1) is 0 Å². The molecule has 0 aromatic heterocycles. The van der Waals surface area contributed by atoms with Gasteiger partial charge in [0, 0.05) is 15.9 Å². The molecule has 0 fully saturated rings. The Hall–Kier alpha value is 0.140. The van der Waals surface area contributed by atoms with Crippen LogP contribution in [0.3, 0.4) is 0 Å². The smallest absolute Gasteiger partial charge is 0.135 e.